The van der Waals surface area contributed by atoms with Crippen LogP contribution in [0.1, 0.15) is 40.2 Å². The molecule has 30 heavy (non-hydrogen) atoms. The molecule has 2 aliphatic rings. The fourth-order valence-corrected chi connectivity index (χ4v) is 3.90. The Labute approximate surface area is 172 Å². The van der Waals surface area contributed by atoms with E-state index in [4.69, 9.17) is 4.74 Å². The van der Waals surface area contributed by atoms with Gasteiger partial charge in [-0.3, -0.25) is 24.8 Å². The van der Waals surface area contributed by atoms with Crippen LogP contribution in [0.4, 0.5) is 5.69 Å². The van der Waals surface area contributed by atoms with Gasteiger partial charge in [-0.05, 0) is 12.8 Å². The number of ether oxygens (including phenoxy) is 1. The molecule has 0 aliphatic carbocycles. The van der Waals surface area contributed by atoms with E-state index in [0.717, 1.165) is 25.1 Å². The summed E-state index contributed by atoms with van der Waals surface area (Å²) in [6.45, 7) is 1.86. The predicted octanol–water partition coefficient (Wildman–Crippen LogP) is 1.35. The predicted molar refractivity (Wildman–Crippen MR) is 106 cm³/mol. The Morgan fingerprint density at radius 2 is 2.20 bits per heavy atom. The number of amides is 2. The van der Waals surface area contributed by atoms with Crippen LogP contribution in [0, 0.1) is 10.1 Å². The van der Waals surface area contributed by atoms with E-state index in [-0.39, 0.29) is 42.3 Å². The highest BCUT2D eigenvalue weighted by Crippen LogP contribution is 2.23. The molecule has 0 saturated carbocycles. The second-order valence-corrected chi connectivity index (χ2v) is 7.50. The van der Waals surface area contributed by atoms with Gasteiger partial charge in [0.25, 0.3) is 11.6 Å². The Hall–Kier alpha value is -3.27. The summed E-state index contributed by atoms with van der Waals surface area (Å²) in [5, 5.41) is 21.1. The number of hydrogen-bond donors (Lipinski definition) is 2. The number of H-pyrrole nitrogens is 1. The van der Waals surface area contributed by atoms with Crippen molar-refractivity contribution in [2.45, 2.75) is 38.3 Å². The molecule has 2 aromatic rings. The second kappa shape index (κ2) is 8.62. The minimum Gasteiger partial charge on any atom is -0.376 e. The number of carbonyl (C=O) groups is 2. The number of hydrogen-bond acceptors (Lipinski definition) is 6. The molecule has 1 aromatic carbocycles. The van der Waals surface area contributed by atoms with Crippen molar-refractivity contribution in [3.05, 3.63) is 56.9 Å². The van der Waals surface area contributed by atoms with Gasteiger partial charge in [-0.25, -0.2) is 0 Å². The minimum absolute atomic E-state index is 0.0310. The SMILES string of the molecule is O=C(NCC1CCCO1)c1n[nH]c2c1CN(C(=O)Cc1ccccc1[N+](=O)[O-])CC2. The number of fused-ring (bicyclic) bond motifs is 1. The molecule has 2 amide bonds. The van der Waals surface area contributed by atoms with E-state index >= 15 is 0 Å². The quantitative estimate of drug-likeness (QED) is 0.543. The van der Waals surface area contributed by atoms with Crippen LogP contribution in [0.5, 0.6) is 0 Å². The Morgan fingerprint density at radius 3 is 2.97 bits per heavy atom. The number of carbonyl (C=O) groups excluding carboxylic acids is 2. The number of benzene rings is 1. The number of aromatic nitrogens is 2. The summed E-state index contributed by atoms with van der Waals surface area (Å²) >= 11 is 0. The van der Waals surface area contributed by atoms with Gasteiger partial charge in [0.05, 0.1) is 17.4 Å². The number of para-hydroxylation sites is 1. The average Bonchev–Trinajstić information content (AvgIpc) is 3.41. The third-order valence-electron chi connectivity index (χ3n) is 5.55. The van der Waals surface area contributed by atoms with E-state index in [0.29, 0.717) is 30.6 Å². The summed E-state index contributed by atoms with van der Waals surface area (Å²) in [4.78, 5) is 37.7. The normalized spacial score (nSPS) is 18.1. The zero-order chi connectivity index (χ0) is 21.1. The van der Waals surface area contributed by atoms with Crippen LogP contribution in [-0.2, 0) is 28.9 Å². The minimum atomic E-state index is -0.483. The lowest BCUT2D eigenvalue weighted by atomic mass is 10.0. The molecular formula is C20H23N5O5. The van der Waals surface area contributed by atoms with Crippen LogP contribution >= 0.6 is 0 Å². The summed E-state index contributed by atoms with van der Waals surface area (Å²) in [5.41, 5.74) is 2.13. The van der Waals surface area contributed by atoms with E-state index in [1.165, 1.54) is 6.07 Å². The van der Waals surface area contributed by atoms with Crippen molar-refractivity contribution in [1.29, 1.82) is 0 Å². The van der Waals surface area contributed by atoms with E-state index in [1.54, 1.807) is 23.1 Å². The maximum atomic E-state index is 12.8. The van der Waals surface area contributed by atoms with E-state index in [9.17, 15) is 19.7 Å². The van der Waals surface area contributed by atoms with Gasteiger partial charge in [-0.15, -0.1) is 0 Å². The van der Waals surface area contributed by atoms with Gasteiger partial charge < -0.3 is 15.0 Å². The molecule has 2 N–H and O–H groups in total. The monoisotopic (exact) mass is 413 g/mol. The molecule has 4 rings (SSSR count). The second-order valence-electron chi connectivity index (χ2n) is 7.50. The molecular weight excluding hydrogens is 390 g/mol. The molecule has 2 aliphatic heterocycles. The largest absolute Gasteiger partial charge is 0.376 e. The van der Waals surface area contributed by atoms with Gasteiger partial charge in [-0.1, -0.05) is 18.2 Å². The molecule has 0 spiro atoms. The van der Waals surface area contributed by atoms with E-state index < -0.39 is 4.92 Å². The van der Waals surface area contributed by atoms with Crippen molar-refractivity contribution in [2.75, 3.05) is 19.7 Å². The molecule has 1 aromatic heterocycles. The van der Waals surface area contributed by atoms with Crippen LogP contribution in [0.25, 0.3) is 0 Å². The number of rotatable bonds is 6. The van der Waals surface area contributed by atoms with Gasteiger partial charge in [-0.2, -0.15) is 5.10 Å². The molecule has 0 bridgehead atoms. The molecule has 1 saturated heterocycles. The van der Waals surface area contributed by atoms with Crippen molar-refractivity contribution in [2.24, 2.45) is 0 Å². The summed E-state index contributed by atoms with van der Waals surface area (Å²) in [5.74, 6) is -0.516. The van der Waals surface area contributed by atoms with Crippen molar-refractivity contribution >= 4 is 17.5 Å². The molecule has 1 fully saturated rings. The number of nitro groups is 1. The molecule has 1 atom stereocenters. The highest BCUT2D eigenvalue weighted by Gasteiger charge is 2.29. The first-order valence-electron chi connectivity index (χ1n) is 9.99. The first-order valence-corrected chi connectivity index (χ1v) is 9.99. The zero-order valence-electron chi connectivity index (χ0n) is 16.4. The maximum absolute atomic E-state index is 12.8. The van der Waals surface area contributed by atoms with E-state index in [1.807, 2.05) is 0 Å². The highest BCUT2D eigenvalue weighted by molar-refractivity contribution is 5.94. The van der Waals surface area contributed by atoms with Crippen molar-refractivity contribution in [3.8, 4) is 0 Å². The lowest BCUT2D eigenvalue weighted by Gasteiger charge is -2.27. The van der Waals surface area contributed by atoms with Gasteiger partial charge in [0.2, 0.25) is 5.91 Å². The lowest BCUT2D eigenvalue weighted by Crippen LogP contribution is -2.38. The van der Waals surface area contributed by atoms with Gasteiger partial charge in [0.1, 0.15) is 0 Å². The van der Waals surface area contributed by atoms with Crippen molar-refractivity contribution < 1.29 is 19.2 Å². The van der Waals surface area contributed by atoms with Gasteiger partial charge in [0, 0.05) is 55.5 Å². The fourth-order valence-electron chi connectivity index (χ4n) is 3.90. The number of nitrogens with one attached hydrogen (secondary N) is 2. The fraction of sp³-hybridized carbons (Fsp3) is 0.450. The Bertz CT molecular complexity index is 966. The first kappa shape index (κ1) is 20.0. The number of nitro benzene ring substituents is 1. The topological polar surface area (TPSA) is 130 Å². The molecule has 10 heteroatoms. The molecule has 158 valence electrons. The van der Waals surface area contributed by atoms with Gasteiger partial charge in [0.15, 0.2) is 5.69 Å². The van der Waals surface area contributed by atoms with Crippen LogP contribution in [0.15, 0.2) is 24.3 Å². The number of aromatic amines is 1. The smallest absolute Gasteiger partial charge is 0.273 e. The Balaban J connectivity index is 1.43. The average molecular weight is 413 g/mol. The lowest BCUT2D eigenvalue weighted by molar-refractivity contribution is -0.385. The first-order chi connectivity index (χ1) is 14.5. The third kappa shape index (κ3) is 4.18. The van der Waals surface area contributed by atoms with Crippen LogP contribution in [0.2, 0.25) is 0 Å². The van der Waals surface area contributed by atoms with Crippen LogP contribution < -0.4 is 5.32 Å². The van der Waals surface area contributed by atoms with Crippen molar-refractivity contribution in [1.82, 2.24) is 20.4 Å². The maximum Gasteiger partial charge on any atom is 0.273 e. The van der Waals surface area contributed by atoms with Crippen LogP contribution in [-0.4, -0.2) is 57.6 Å². The number of nitrogens with zero attached hydrogens (tertiary/aromatic N) is 3. The molecule has 0 radical (unpaired) electrons. The molecule has 3 heterocycles. The summed E-state index contributed by atoms with van der Waals surface area (Å²) in [6.07, 6.45) is 2.43. The Morgan fingerprint density at radius 1 is 1.37 bits per heavy atom. The summed E-state index contributed by atoms with van der Waals surface area (Å²) in [6, 6.07) is 6.24. The standard InChI is InChI=1S/C20H23N5O5/c26-18(10-13-4-1-2-6-17(13)25(28)29)24-8-7-16-15(12-24)19(23-22-16)20(27)21-11-14-5-3-9-30-14/h1-2,4,6,14H,3,5,7-12H2,(H,21,27)(H,22,23). The van der Waals surface area contributed by atoms with Crippen LogP contribution in [0.3, 0.4) is 0 Å². The van der Waals surface area contributed by atoms with Gasteiger partial charge >= 0.3 is 0 Å². The Kier molecular flexibility index (Phi) is 5.75. The highest BCUT2D eigenvalue weighted by atomic mass is 16.6. The molecule has 10 nitrogen and oxygen atoms in total. The molecule has 1 unspecified atom stereocenters. The summed E-state index contributed by atoms with van der Waals surface area (Å²) < 4.78 is 5.52. The third-order valence-corrected chi connectivity index (χ3v) is 5.55. The van der Waals surface area contributed by atoms with Crippen molar-refractivity contribution in [3.63, 3.8) is 0 Å². The summed E-state index contributed by atoms with van der Waals surface area (Å²) in [7, 11) is 0. The zero-order valence-corrected chi connectivity index (χ0v) is 16.4. The van der Waals surface area contributed by atoms with E-state index in [2.05, 4.69) is 15.5 Å².